The first-order valence-corrected chi connectivity index (χ1v) is 21.3. The Kier molecular flexibility index (Phi) is 9.11. The molecule has 0 radical (unpaired) electrons. The third-order valence-electron chi connectivity index (χ3n) is 11.7. The molecule has 11 aromatic rings. The standard InChI is InChI=1S/C58H39NS/c1-2-17-40(18-3-1)47-24-6-7-25-50(47)51-26-8-9-27-52(51)53-28-10-12-33-56(53)59(45-22-14-21-43(39-45)48-30-15-20-41-19-4-5-23-46(41)48)44-37-35-42(36-38-44)49-31-16-32-55-54-29-11-13-34-57(54)60-58(49)55/h1-39H. The van der Waals surface area contributed by atoms with Gasteiger partial charge in [-0.3, -0.25) is 0 Å². The third-order valence-corrected chi connectivity index (χ3v) is 12.9. The van der Waals surface area contributed by atoms with Gasteiger partial charge in [-0.15, -0.1) is 11.3 Å². The van der Waals surface area contributed by atoms with Crippen LogP contribution in [0, 0.1) is 0 Å². The average molecular weight is 782 g/mol. The molecule has 60 heavy (non-hydrogen) atoms. The highest BCUT2D eigenvalue weighted by Gasteiger charge is 2.21. The van der Waals surface area contributed by atoms with Crippen LogP contribution in [0.3, 0.4) is 0 Å². The van der Waals surface area contributed by atoms with Crippen molar-refractivity contribution in [2.75, 3.05) is 4.90 Å². The lowest BCUT2D eigenvalue weighted by molar-refractivity contribution is 1.28. The predicted octanol–water partition coefficient (Wildman–Crippen LogP) is 17.0. The Hall–Kier alpha value is -7.52. The van der Waals surface area contributed by atoms with E-state index >= 15 is 0 Å². The molecule has 0 N–H and O–H groups in total. The van der Waals surface area contributed by atoms with Gasteiger partial charge in [0.15, 0.2) is 0 Å². The Bertz CT molecular complexity index is 3320. The molecule has 0 saturated heterocycles. The molecule has 1 aromatic heterocycles. The molecule has 0 aliphatic carbocycles. The summed E-state index contributed by atoms with van der Waals surface area (Å²) in [6, 6.07) is 86.1. The summed E-state index contributed by atoms with van der Waals surface area (Å²) in [5.41, 5.74) is 15.3. The summed E-state index contributed by atoms with van der Waals surface area (Å²) in [6.45, 7) is 0. The molecule has 0 amide bonds. The Morgan fingerprint density at radius 3 is 1.62 bits per heavy atom. The largest absolute Gasteiger partial charge is 0.310 e. The summed E-state index contributed by atoms with van der Waals surface area (Å²) in [5.74, 6) is 0. The number of anilines is 3. The van der Waals surface area contributed by atoms with Crippen LogP contribution in [0.1, 0.15) is 0 Å². The van der Waals surface area contributed by atoms with Gasteiger partial charge in [0.1, 0.15) is 0 Å². The number of para-hydroxylation sites is 1. The lowest BCUT2D eigenvalue weighted by Gasteiger charge is -2.29. The summed E-state index contributed by atoms with van der Waals surface area (Å²) in [4.78, 5) is 2.44. The minimum atomic E-state index is 1.09. The van der Waals surface area contributed by atoms with Crippen LogP contribution >= 0.6 is 11.3 Å². The molecule has 0 spiro atoms. The van der Waals surface area contributed by atoms with Gasteiger partial charge in [-0.1, -0.05) is 200 Å². The first-order valence-electron chi connectivity index (χ1n) is 20.5. The van der Waals surface area contributed by atoms with Gasteiger partial charge in [0, 0.05) is 37.1 Å². The fourth-order valence-electron chi connectivity index (χ4n) is 8.92. The topological polar surface area (TPSA) is 3.24 Å². The van der Waals surface area contributed by atoms with Crippen molar-refractivity contribution in [3.63, 3.8) is 0 Å². The van der Waals surface area contributed by atoms with E-state index in [2.05, 4.69) is 241 Å². The number of hydrogen-bond donors (Lipinski definition) is 0. The minimum absolute atomic E-state index is 1.09. The number of rotatable bonds is 8. The predicted molar refractivity (Wildman–Crippen MR) is 259 cm³/mol. The average Bonchev–Trinajstić information content (AvgIpc) is 3.71. The van der Waals surface area contributed by atoms with Crippen LogP contribution in [-0.2, 0) is 0 Å². The highest BCUT2D eigenvalue weighted by atomic mass is 32.1. The quantitative estimate of drug-likeness (QED) is 0.148. The molecule has 0 aliphatic rings. The molecule has 1 nitrogen and oxygen atoms in total. The van der Waals surface area contributed by atoms with E-state index in [1.807, 2.05) is 11.3 Å². The normalized spacial score (nSPS) is 11.3. The van der Waals surface area contributed by atoms with Gasteiger partial charge in [0.05, 0.1) is 5.69 Å². The molecule has 2 heteroatoms. The molecule has 10 aromatic carbocycles. The highest BCUT2D eigenvalue weighted by Crippen LogP contribution is 2.47. The number of hydrogen-bond acceptors (Lipinski definition) is 2. The Morgan fingerprint density at radius 1 is 0.283 bits per heavy atom. The van der Waals surface area contributed by atoms with Gasteiger partial charge in [0.2, 0.25) is 0 Å². The van der Waals surface area contributed by atoms with E-state index in [0.29, 0.717) is 0 Å². The van der Waals surface area contributed by atoms with E-state index < -0.39 is 0 Å². The first kappa shape index (κ1) is 35.6. The lowest BCUT2D eigenvalue weighted by Crippen LogP contribution is -2.11. The van der Waals surface area contributed by atoms with Crippen LogP contribution < -0.4 is 4.90 Å². The van der Waals surface area contributed by atoms with Gasteiger partial charge in [-0.05, 0) is 97.2 Å². The zero-order valence-electron chi connectivity index (χ0n) is 32.9. The maximum atomic E-state index is 2.44. The van der Waals surface area contributed by atoms with Crippen molar-refractivity contribution in [2.45, 2.75) is 0 Å². The van der Waals surface area contributed by atoms with Gasteiger partial charge < -0.3 is 4.90 Å². The van der Waals surface area contributed by atoms with Gasteiger partial charge in [0.25, 0.3) is 0 Å². The van der Waals surface area contributed by atoms with E-state index in [1.54, 1.807) is 0 Å². The molecule has 0 saturated carbocycles. The maximum Gasteiger partial charge on any atom is 0.0540 e. The monoisotopic (exact) mass is 781 g/mol. The van der Waals surface area contributed by atoms with Crippen molar-refractivity contribution >= 4 is 59.3 Å². The summed E-state index contributed by atoms with van der Waals surface area (Å²) >= 11 is 1.88. The molecule has 282 valence electrons. The third kappa shape index (κ3) is 6.35. The van der Waals surface area contributed by atoms with Crippen molar-refractivity contribution in [3.8, 4) is 55.6 Å². The number of benzene rings is 10. The second-order valence-corrected chi connectivity index (χ2v) is 16.3. The number of thiophene rings is 1. The zero-order chi connectivity index (χ0) is 39.8. The Labute approximate surface area is 354 Å². The molecular weight excluding hydrogens is 743 g/mol. The first-order chi connectivity index (χ1) is 29.8. The van der Waals surface area contributed by atoms with Crippen LogP contribution in [0.5, 0.6) is 0 Å². The van der Waals surface area contributed by atoms with E-state index in [1.165, 1.54) is 81.0 Å². The van der Waals surface area contributed by atoms with Crippen LogP contribution in [0.25, 0.3) is 86.6 Å². The van der Waals surface area contributed by atoms with Crippen molar-refractivity contribution in [1.82, 2.24) is 0 Å². The number of nitrogens with zero attached hydrogens (tertiary/aromatic N) is 1. The molecular formula is C58H39NS. The zero-order valence-corrected chi connectivity index (χ0v) is 33.7. The molecule has 0 fully saturated rings. The van der Waals surface area contributed by atoms with E-state index in [0.717, 1.165) is 22.6 Å². The minimum Gasteiger partial charge on any atom is -0.310 e. The van der Waals surface area contributed by atoms with Crippen molar-refractivity contribution < 1.29 is 0 Å². The molecule has 0 atom stereocenters. The molecule has 1 heterocycles. The Morgan fingerprint density at radius 2 is 0.800 bits per heavy atom. The summed E-state index contributed by atoms with van der Waals surface area (Å²) in [5, 5.41) is 5.11. The van der Waals surface area contributed by atoms with Gasteiger partial charge in [-0.2, -0.15) is 0 Å². The molecule has 0 unspecified atom stereocenters. The SMILES string of the molecule is c1ccc(-c2ccccc2-c2ccccc2-c2ccccc2N(c2ccc(-c3cccc4c3sc3ccccc34)cc2)c2cccc(-c3cccc4ccccc34)c2)cc1. The summed E-state index contributed by atoms with van der Waals surface area (Å²) < 4.78 is 2.64. The van der Waals surface area contributed by atoms with Crippen molar-refractivity contribution in [3.05, 3.63) is 237 Å². The van der Waals surface area contributed by atoms with Crippen LogP contribution in [-0.4, -0.2) is 0 Å². The molecule has 0 aliphatic heterocycles. The Balaban J connectivity index is 1.09. The maximum absolute atomic E-state index is 2.44. The van der Waals surface area contributed by atoms with E-state index in [9.17, 15) is 0 Å². The second kappa shape index (κ2) is 15.3. The van der Waals surface area contributed by atoms with Crippen LogP contribution in [0.4, 0.5) is 17.1 Å². The second-order valence-electron chi connectivity index (χ2n) is 15.2. The molecule has 11 rings (SSSR count). The van der Waals surface area contributed by atoms with Crippen molar-refractivity contribution in [2.24, 2.45) is 0 Å². The van der Waals surface area contributed by atoms with Crippen molar-refractivity contribution in [1.29, 1.82) is 0 Å². The molecule has 0 bridgehead atoms. The summed E-state index contributed by atoms with van der Waals surface area (Å²) in [7, 11) is 0. The fraction of sp³-hybridized carbons (Fsp3) is 0. The lowest BCUT2D eigenvalue weighted by atomic mass is 9.88. The van der Waals surface area contributed by atoms with Gasteiger partial charge in [-0.25, -0.2) is 0 Å². The number of fused-ring (bicyclic) bond motifs is 4. The smallest absolute Gasteiger partial charge is 0.0540 e. The fourth-order valence-corrected chi connectivity index (χ4v) is 10.2. The van der Waals surface area contributed by atoms with E-state index in [4.69, 9.17) is 0 Å². The van der Waals surface area contributed by atoms with Crippen LogP contribution in [0.15, 0.2) is 237 Å². The highest BCUT2D eigenvalue weighted by molar-refractivity contribution is 7.26. The van der Waals surface area contributed by atoms with E-state index in [-0.39, 0.29) is 0 Å². The van der Waals surface area contributed by atoms with Gasteiger partial charge >= 0.3 is 0 Å². The van der Waals surface area contributed by atoms with Crippen LogP contribution in [0.2, 0.25) is 0 Å². The summed E-state index contributed by atoms with van der Waals surface area (Å²) in [6.07, 6.45) is 0.